The molecule has 2 N–H and O–H groups in total. The van der Waals surface area contributed by atoms with Gasteiger partial charge in [0.15, 0.2) is 0 Å². The number of hydrogen-bond acceptors (Lipinski definition) is 4. The van der Waals surface area contributed by atoms with Crippen LogP contribution in [0.25, 0.3) is 0 Å². The van der Waals surface area contributed by atoms with E-state index in [1.54, 1.807) is 18.7 Å². The van der Waals surface area contributed by atoms with Crippen LogP contribution < -0.4 is 5.32 Å². The van der Waals surface area contributed by atoms with E-state index in [4.69, 9.17) is 0 Å². The molecule has 0 aliphatic carbocycles. The highest BCUT2D eigenvalue weighted by molar-refractivity contribution is 7.99. The van der Waals surface area contributed by atoms with Crippen LogP contribution in [0, 0.1) is 6.92 Å². The van der Waals surface area contributed by atoms with Gasteiger partial charge in [-0.05, 0) is 27.0 Å². The van der Waals surface area contributed by atoms with Crippen LogP contribution in [-0.2, 0) is 0 Å². The van der Waals surface area contributed by atoms with Crippen LogP contribution in [0.15, 0.2) is 0 Å². The maximum absolute atomic E-state index is 11.6. The second kappa shape index (κ2) is 4.65. The Balaban J connectivity index is 2.50. The quantitative estimate of drug-likeness (QED) is 0.806. The molecule has 0 aliphatic heterocycles. The molecule has 0 spiro atoms. The van der Waals surface area contributed by atoms with Gasteiger partial charge in [0, 0.05) is 11.3 Å². The van der Waals surface area contributed by atoms with Gasteiger partial charge in [-0.1, -0.05) is 0 Å². The Bertz CT molecular complexity index is 348. The monoisotopic (exact) mass is 228 g/mol. The van der Waals surface area contributed by atoms with Crippen molar-refractivity contribution in [3.05, 3.63) is 11.6 Å². The Morgan fingerprint density at radius 2 is 2.27 bits per heavy atom. The second-order valence-corrected chi connectivity index (χ2v) is 5.40. The van der Waals surface area contributed by atoms with E-state index in [0.717, 1.165) is 0 Å². The molecule has 0 unspecified atom stereocenters. The first-order chi connectivity index (χ1) is 6.94. The number of H-pyrrole nitrogens is 1. The van der Waals surface area contributed by atoms with Gasteiger partial charge in [0.05, 0.1) is 0 Å². The van der Waals surface area contributed by atoms with Crippen molar-refractivity contribution < 1.29 is 4.79 Å². The highest BCUT2D eigenvalue weighted by Gasteiger charge is 2.18. The fourth-order valence-electron chi connectivity index (χ4n) is 0.889. The molecule has 0 saturated heterocycles. The summed E-state index contributed by atoms with van der Waals surface area (Å²) < 4.78 is 0.0288. The molecule has 0 radical (unpaired) electrons. The molecule has 5 nitrogen and oxygen atoms in total. The molecule has 1 heterocycles. The lowest BCUT2D eigenvalue weighted by Crippen LogP contribution is -2.36. The van der Waals surface area contributed by atoms with Crippen molar-refractivity contribution in [3.8, 4) is 0 Å². The van der Waals surface area contributed by atoms with Crippen LogP contribution in [0.3, 0.4) is 0 Å². The van der Waals surface area contributed by atoms with Crippen LogP contribution in [0.4, 0.5) is 0 Å². The number of nitrogens with zero attached hydrogens (tertiary/aromatic N) is 2. The number of carbonyl (C=O) groups excluding carboxylic acids is 1. The fraction of sp³-hybridized carbons (Fsp3) is 0.667. The van der Waals surface area contributed by atoms with Gasteiger partial charge in [-0.25, -0.2) is 4.98 Å². The van der Waals surface area contributed by atoms with Crippen molar-refractivity contribution in [3.63, 3.8) is 0 Å². The zero-order valence-electron chi connectivity index (χ0n) is 9.42. The van der Waals surface area contributed by atoms with Crippen molar-refractivity contribution in [2.75, 3.05) is 12.8 Å². The summed E-state index contributed by atoms with van der Waals surface area (Å²) in [5.74, 6) is 0.607. The van der Waals surface area contributed by atoms with Crippen LogP contribution >= 0.6 is 11.8 Å². The molecular weight excluding hydrogens is 212 g/mol. The SMILES string of the molecule is CSC(C)(C)CNC(=O)c1n[nH]c(C)n1. The van der Waals surface area contributed by atoms with Gasteiger partial charge < -0.3 is 5.32 Å². The van der Waals surface area contributed by atoms with E-state index in [9.17, 15) is 4.79 Å². The maximum atomic E-state index is 11.6. The number of rotatable bonds is 4. The Labute approximate surface area is 93.4 Å². The third kappa shape index (κ3) is 3.54. The van der Waals surface area contributed by atoms with Crippen molar-refractivity contribution in [1.29, 1.82) is 0 Å². The molecule has 1 rings (SSSR count). The Kier molecular flexibility index (Phi) is 3.73. The van der Waals surface area contributed by atoms with Gasteiger partial charge in [-0.15, -0.1) is 5.10 Å². The average molecular weight is 228 g/mol. The van der Waals surface area contributed by atoms with Crippen LogP contribution in [0.5, 0.6) is 0 Å². The number of hydrogen-bond donors (Lipinski definition) is 2. The van der Waals surface area contributed by atoms with Crippen molar-refractivity contribution in [2.45, 2.75) is 25.5 Å². The van der Waals surface area contributed by atoms with E-state index in [1.807, 2.05) is 6.26 Å². The predicted molar refractivity (Wildman–Crippen MR) is 61.0 cm³/mol. The number of aryl methyl sites for hydroxylation is 1. The summed E-state index contributed by atoms with van der Waals surface area (Å²) in [7, 11) is 0. The van der Waals surface area contributed by atoms with E-state index in [1.165, 1.54) is 0 Å². The van der Waals surface area contributed by atoms with Gasteiger partial charge in [0.25, 0.3) is 5.91 Å². The molecule has 0 aromatic carbocycles. The first-order valence-electron chi connectivity index (χ1n) is 4.67. The average Bonchev–Trinajstić information content (AvgIpc) is 2.61. The highest BCUT2D eigenvalue weighted by atomic mass is 32.2. The number of aromatic amines is 1. The van der Waals surface area contributed by atoms with Gasteiger partial charge in [-0.3, -0.25) is 9.89 Å². The van der Waals surface area contributed by atoms with Gasteiger partial charge in [0.2, 0.25) is 5.82 Å². The van der Waals surface area contributed by atoms with Crippen molar-refractivity contribution in [2.24, 2.45) is 0 Å². The van der Waals surface area contributed by atoms with Crippen LogP contribution in [0.2, 0.25) is 0 Å². The topological polar surface area (TPSA) is 70.7 Å². The molecule has 1 aromatic rings. The van der Waals surface area contributed by atoms with Gasteiger partial charge in [0.1, 0.15) is 5.82 Å². The molecular formula is C9H16N4OS. The lowest BCUT2D eigenvalue weighted by Gasteiger charge is -2.21. The van der Waals surface area contributed by atoms with Crippen LogP contribution in [0.1, 0.15) is 30.3 Å². The number of thioether (sulfide) groups is 1. The number of nitrogens with one attached hydrogen (secondary N) is 2. The summed E-state index contributed by atoms with van der Waals surface area (Å²) in [4.78, 5) is 15.5. The molecule has 0 fully saturated rings. The third-order valence-electron chi connectivity index (χ3n) is 2.03. The van der Waals surface area contributed by atoms with E-state index >= 15 is 0 Å². The Morgan fingerprint density at radius 1 is 1.60 bits per heavy atom. The Hall–Kier alpha value is -1.04. The summed E-state index contributed by atoms with van der Waals surface area (Å²) in [5.41, 5.74) is 0. The van der Waals surface area contributed by atoms with Crippen molar-refractivity contribution >= 4 is 17.7 Å². The first-order valence-corrected chi connectivity index (χ1v) is 5.89. The standard InChI is InChI=1S/C9H16N4OS/c1-6-11-7(13-12-6)8(14)10-5-9(2,3)15-4/h5H2,1-4H3,(H,10,14)(H,11,12,13). The molecule has 6 heteroatoms. The maximum Gasteiger partial charge on any atom is 0.291 e. The zero-order valence-corrected chi connectivity index (χ0v) is 10.2. The normalized spacial score (nSPS) is 11.5. The van der Waals surface area contributed by atoms with E-state index in [2.05, 4.69) is 34.3 Å². The summed E-state index contributed by atoms with van der Waals surface area (Å²) in [6.07, 6.45) is 2.02. The molecule has 0 aliphatic rings. The highest BCUT2D eigenvalue weighted by Crippen LogP contribution is 2.19. The van der Waals surface area contributed by atoms with Gasteiger partial charge >= 0.3 is 0 Å². The van der Waals surface area contributed by atoms with E-state index in [-0.39, 0.29) is 16.5 Å². The fourth-order valence-corrected chi connectivity index (χ4v) is 1.11. The predicted octanol–water partition coefficient (Wildman–Crippen LogP) is 0.985. The molecule has 1 amide bonds. The molecule has 0 saturated carbocycles. The summed E-state index contributed by atoms with van der Waals surface area (Å²) >= 11 is 1.71. The zero-order chi connectivity index (χ0) is 11.5. The minimum absolute atomic E-state index is 0.0288. The molecule has 84 valence electrons. The third-order valence-corrected chi connectivity index (χ3v) is 3.28. The number of amides is 1. The van der Waals surface area contributed by atoms with E-state index in [0.29, 0.717) is 12.4 Å². The summed E-state index contributed by atoms with van der Waals surface area (Å²) in [5, 5.41) is 9.22. The molecule has 15 heavy (non-hydrogen) atoms. The minimum Gasteiger partial charge on any atom is -0.348 e. The lowest BCUT2D eigenvalue weighted by atomic mass is 10.2. The van der Waals surface area contributed by atoms with Gasteiger partial charge in [-0.2, -0.15) is 11.8 Å². The number of carbonyl (C=O) groups is 1. The summed E-state index contributed by atoms with van der Waals surface area (Å²) in [6, 6.07) is 0. The largest absolute Gasteiger partial charge is 0.348 e. The number of aromatic nitrogens is 3. The second-order valence-electron chi connectivity index (χ2n) is 3.89. The lowest BCUT2D eigenvalue weighted by molar-refractivity contribution is 0.0941. The molecule has 0 atom stereocenters. The smallest absolute Gasteiger partial charge is 0.291 e. The first kappa shape index (κ1) is 12.0. The van der Waals surface area contributed by atoms with Crippen LogP contribution in [-0.4, -0.2) is 38.6 Å². The Morgan fingerprint density at radius 3 is 2.73 bits per heavy atom. The van der Waals surface area contributed by atoms with Crippen molar-refractivity contribution in [1.82, 2.24) is 20.5 Å². The molecule has 1 aromatic heterocycles. The minimum atomic E-state index is -0.235. The molecule has 0 bridgehead atoms. The summed E-state index contributed by atoms with van der Waals surface area (Å²) in [6.45, 7) is 6.50. The van der Waals surface area contributed by atoms with E-state index < -0.39 is 0 Å².